The van der Waals surface area contributed by atoms with E-state index in [0.717, 1.165) is 61.2 Å². The van der Waals surface area contributed by atoms with Gasteiger partial charge < -0.3 is 14.6 Å². The van der Waals surface area contributed by atoms with Crippen LogP contribution in [0.5, 0.6) is 17.2 Å². The maximum absolute atomic E-state index is 12.6. The lowest BCUT2D eigenvalue weighted by molar-refractivity contribution is 0.104. The summed E-state index contributed by atoms with van der Waals surface area (Å²) in [6.45, 7) is 7.74. The Kier molecular flexibility index (Phi) is 9.99. The summed E-state index contributed by atoms with van der Waals surface area (Å²) in [5, 5.41) is 9.42. The van der Waals surface area contributed by atoms with Gasteiger partial charge in [0, 0.05) is 17.2 Å². The molecule has 162 valence electrons. The van der Waals surface area contributed by atoms with E-state index in [1.54, 1.807) is 18.2 Å². The summed E-state index contributed by atoms with van der Waals surface area (Å²) >= 11 is 0. The number of aromatic hydroxyl groups is 1. The first-order valence-corrected chi connectivity index (χ1v) is 11.0. The van der Waals surface area contributed by atoms with Crippen LogP contribution in [0.4, 0.5) is 0 Å². The minimum absolute atomic E-state index is 0.108. The van der Waals surface area contributed by atoms with Crippen molar-refractivity contribution < 1.29 is 19.4 Å². The number of ketones is 1. The third-order valence-electron chi connectivity index (χ3n) is 4.81. The Balaban J connectivity index is 2.34. The van der Waals surface area contributed by atoms with Gasteiger partial charge in [-0.25, -0.2) is 0 Å². The molecule has 2 aromatic carbocycles. The summed E-state index contributed by atoms with van der Waals surface area (Å²) in [6.07, 6.45) is 9.40. The molecule has 0 aliphatic heterocycles. The van der Waals surface area contributed by atoms with Gasteiger partial charge in [0.15, 0.2) is 5.78 Å². The average molecular weight is 411 g/mol. The second-order valence-electron chi connectivity index (χ2n) is 7.39. The highest BCUT2D eigenvalue weighted by Crippen LogP contribution is 2.32. The quantitative estimate of drug-likeness (QED) is 0.230. The highest BCUT2D eigenvalue weighted by atomic mass is 16.5. The smallest absolute Gasteiger partial charge is 0.185 e. The van der Waals surface area contributed by atoms with Crippen LogP contribution in [-0.2, 0) is 6.42 Å². The number of hydrogen-bond acceptors (Lipinski definition) is 4. The number of unbranched alkanes of at least 4 members (excludes halogenated alkanes) is 2. The third kappa shape index (κ3) is 7.25. The number of phenolic OH excluding ortho intramolecular Hbond substituents is 1. The van der Waals surface area contributed by atoms with Gasteiger partial charge in [-0.15, -0.1) is 0 Å². The van der Waals surface area contributed by atoms with Crippen LogP contribution in [-0.4, -0.2) is 24.1 Å². The molecule has 2 aromatic rings. The Morgan fingerprint density at radius 3 is 2.23 bits per heavy atom. The van der Waals surface area contributed by atoms with Gasteiger partial charge in [-0.2, -0.15) is 0 Å². The summed E-state index contributed by atoms with van der Waals surface area (Å²) < 4.78 is 12.0. The van der Waals surface area contributed by atoms with Crippen LogP contribution < -0.4 is 9.47 Å². The van der Waals surface area contributed by atoms with E-state index >= 15 is 0 Å². The predicted octanol–water partition coefficient (Wildman–Crippen LogP) is 6.60. The Hall–Kier alpha value is -2.75. The van der Waals surface area contributed by atoms with Gasteiger partial charge in [-0.3, -0.25) is 4.79 Å². The monoisotopic (exact) mass is 410 g/mol. The highest BCUT2D eigenvalue weighted by molar-refractivity contribution is 6.07. The summed E-state index contributed by atoms with van der Waals surface area (Å²) in [5.41, 5.74) is 2.59. The fourth-order valence-electron chi connectivity index (χ4n) is 3.07. The Morgan fingerprint density at radius 2 is 1.60 bits per heavy atom. The van der Waals surface area contributed by atoms with E-state index in [2.05, 4.69) is 20.8 Å². The van der Waals surface area contributed by atoms with E-state index in [9.17, 15) is 9.90 Å². The molecule has 4 nitrogen and oxygen atoms in total. The van der Waals surface area contributed by atoms with E-state index in [-0.39, 0.29) is 11.5 Å². The summed E-state index contributed by atoms with van der Waals surface area (Å²) in [7, 11) is 0. The molecule has 0 aliphatic carbocycles. The lowest BCUT2D eigenvalue weighted by atomic mass is 9.99. The lowest BCUT2D eigenvalue weighted by Gasteiger charge is -2.16. The maximum atomic E-state index is 12.6. The largest absolute Gasteiger partial charge is 0.508 e. The van der Waals surface area contributed by atoms with Gasteiger partial charge in [-0.1, -0.05) is 46.1 Å². The standard InChI is InChI=1S/C26H34O4/c1-4-7-16-29-23-18-21(12-15-25(28)20-10-13-22(27)14-11-20)24(9-6-3)26(19-23)30-17-8-5-2/h10-15,18-19,27H,4-9,16-17H2,1-3H3/b15-12+. The number of carbonyl (C=O) groups excluding carboxylic acids is 1. The molecule has 4 heteroatoms. The number of allylic oxidation sites excluding steroid dienone is 1. The molecule has 2 rings (SSSR count). The van der Waals surface area contributed by atoms with Gasteiger partial charge in [0.2, 0.25) is 0 Å². The van der Waals surface area contributed by atoms with E-state index in [4.69, 9.17) is 9.47 Å². The number of ether oxygens (including phenoxy) is 2. The van der Waals surface area contributed by atoms with E-state index in [1.807, 2.05) is 18.2 Å². The molecule has 0 fully saturated rings. The number of hydrogen-bond donors (Lipinski definition) is 1. The molecule has 1 N–H and O–H groups in total. The van der Waals surface area contributed by atoms with Gasteiger partial charge >= 0.3 is 0 Å². The molecule has 0 atom stereocenters. The molecule has 0 aromatic heterocycles. The fraction of sp³-hybridized carbons (Fsp3) is 0.423. The second kappa shape index (κ2) is 12.7. The second-order valence-corrected chi connectivity index (χ2v) is 7.39. The van der Waals surface area contributed by atoms with E-state index in [1.165, 1.54) is 12.1 Å². The first-order chi connectivity index (χ1) is 14.6. The van der Waals surface area contributed by atoms with E-state index in [0.29, 0.717) is 18.8 Å². The van der Waals surface area contributed by atoms with Crippen molar-refractivity contribution in [2.45, 2.75) is 59.3 Å². The van der Waals surface area contributed by atoms with Crippen LogP contribution in [0.25, 0.3) is 6.08 Å². The Bertz CT molecular complexity index is 822. The molecular formula is C26H34O4. The van der Waals surface area contributed by atoms with Gasteiger partial charge in [0.1, 0.15) is 17.2 Å². The SMILES string of the molecule is CCCCOc1cc(/C=C/C(=O)c2ccc(O)cc2)c(CCC)c(OCCCC)c1. The van der Waals surface area contributed by atoms with Crippen LogP contribution in [0.15, 0.2) is 42.5 Å². The first-order valence-electron chi connectivity index (χ1n) is 11.0. The normalized spacial score (nSPS) is 11.0. The van der Waals surface area contributed by atoms with Gasteiger partial charge in [-0.05, 0) is 61.2 Å². The summed E-state index contributed by atoms with van der Waals surface area (Å²) in [4.78, 5) is 12.6. The van der Waals surface area contributed by atoms with Crippen LogP contribution in [0.1, 0.15) is 74.4 Å². The molecule has 0 bridgehead atoms. The molecule has 30 heavy (non-hydrogen) atoms. The zero-order valence-electron chi connectivity index (χ0n) is 18.4. The Labute approximate surface area is 180 Å². The molecule has 0 spiro atoms. The zero-order chi connectivity index (χ0) is 21.8. The number of carbonyl (C=O) groups is 1. The lowest BCUT2D eigenvalue weighted by Crippen LogP contribution is -2.04. The first kappa shape index (κ1) is 23.5. The summed E-state index contributed by atoms with van der Waals surface area (Å²) in [5.74, 6) is 1.65. The van der Waals surface area contributed by atoms with Crippen molar-refractivity contribution in [2.24, 2.45) is 0 Å². The Morgan fingerprint density at radius 1 is 0.933 bits per heavy atom. The van der Waals surface area contributed by atoms with Crippen molar-refractivity contribution in [3.8, 4) is 17.2 Å². The number of rotatable bonds is 13. The van der Waals surface area contributed by atoms with Crippen LogP contribution in [0, 0.1) is 0 Å². The zero-order valence-corrected chi connectivity index (χ0v) is 18.4. The van der Waals surface area contributed by atoms with Crippen molar-refractivity contribution >= 4 is 11.9 Å². The van der Waals surface area contributed by atoms with Gasteiger partial charge in [0.05, 0.1) is 13.2 Å². The van der Waals surface area contributed by atoms with Crippen molar-refractivity contribution in [1.29, 1.82) is 0 Å². The van der Waals surface area contributed by atoms with E-state index < -0.39 is 0 Å². The molecule has 0 radical (unpaired) electrons. The molecule has 0 saturated carbocycles. The molecule has 0 heterocycles. The average Bonchev–Trinajstić information content (AvgIpc) is 2.74. The van der Waals surface area contributed by atoms with Crippen LogP contribution >= 0.6 is 0 Å². The predicted molar refractivity (Wildman–Crippen MR) is 123 cm³/mol. The van der Waals surface area contributed by atoms with Crippen molar-refractivity contribution in [3.05, 3.63) is 59.2 Å². The number of benzene rings is 2. The molecule has 0 aliphatic rings. The third-order valence-corrected chi connectivity index (χ3v) is 4.81. The topological polar surface area (TPSA) is 55.8 Å². The minimum atomic E-state index is -0.108. The van der Waals surface area contributed by atoms with Gasteiger partial charge in [0.25, 0.3) is 0 Å². The van der Waals surface area contributed by atoms with Crippen LogP contribution in [0.3, 0.4) is 0 Å². The maximum Gasteiger partial charge on any atom is 0.185 e. The molecule has 0 unspecified atom stereocenters. The molecular weight excluding hydrogens is 376 g/mol. The number of phenols is 1. The van der Waals surface area contributed by atoms with Crippen molar-refractivity contribution in [3.63, 3.8) is 0 Å². The van der Waals surface area contributed by atoms with Crippen molar-refractivity contribution in [1.82, 2.24) is 0 Å². The highest BCUT2D eigenvalue weighted by Gasteiger charge is 2.12. The molecule has 0 amide bonds. The fourth-order valence-corrected chi connectivity index (χ4v) is 3.07. The van der Waals surface area contributed by atoms with Crippen molar-refractivity contribution in [2.75, 3.05) is 13.2 Å². The molecule has 0 saturated heterocycles. The minimum Gasteiger partial charge on any atom is -0.508 e. The van der Waals surface area contributed by atoms with Crippen LogP contribution in [0.2, 0.25) is 0 Å². The summed E-state index contributed by atoms with van der Waals surface area (Å²) in [6, 6.07) is 10.3.